The summed E-state index contributed by atoms with van der Waals surface area (Å²) in [6, 6.07) is 5.72. The molecule has 23 heavy (non-hydrogen) atoms. The predicted octanol–water partition coefficient (Wildman–Crippen LogP) is 1.37. The lowest BCUT2D eigenvalue weighted by atomic mass is 10.3. The summed E-state index contributed by atoms with van der Waals surface area (Å²) in [7, 11) is 4.39. The lowest BCUT2D eigenvalue weighted by molar-refractivity contribution is -0.0974. The molecule has 0 bridgehead atoms. The maximum absolute atomic E-state index is 13.0. The molecule has 0 fully saturated rings. The van der Waals surface area contributed by atoms with Gasteiger partial charge in [0.1, 0.15) is 5.82 Å². The van der Waals surface area contributed by atoms with E-state index in [0.717, 1.165) is 0 Å². The van der Waals surface area contributed by atoms with Gasteiger partial charge in [-0.05, 0) is 24.3 Å². The van der Waals surface area contributed by atoms with Crippen molar-refractivity contribution < 1.29 is 23.4 Å². The van der Waals surface area contributed by atoms with Gasteiger partial charge in [-0.1, -0.05) is 0 Å². The molecule has 2 aromatic rings. The molecule has 0 radical (unpaired) electrons. The molecule has 1 heterocycles. The third kappa shape index (κ3) is 4.05. The molecule has 0 aliphatic rings. The van der Waals surface area contributed by atoms with Crippen molar-refractivity contribution in [1.82, 2.24) is 15.1 Å². The van der Waals surface area contributed by atoms with Crippen LogP contribution < -0.4 is 10.1 Å². The first-order valence-electron chi connectivity index (χ1n) is 6.82. The molecule has 0 saturated heterocycles. The third-order valence-corrected chi connectivity index (χ3v) is 3.16. The average Bonchev–Trinajstić information content (AvgIpc) is 3.00. The summed E-state index contributed by atoms with van der Waals surface area (Å²) in [4.78, 5) is 12.2. The van der Waals surface area contributed by atoms with Gasteiger partial charge in [-0.2, -0.15) is 5.10 Å². The Morgan fingerprint density at radius 3 is 2.48 bits per heavy atom. The number of halogens is 1. The van der Waals surface area contributed by atoms with E-state index < -0.39 is 12.2 Å². The van der Waals surface area contributed by atoms with E-state index in [1.54, 1.807) is 18.3 Å². The van der Waals surface area contributed by atoms with Crippen LogP contribution in [-0.4, -0.2) is 49.9 Å². The monoisotopic (exact) mass is 323 g/mol. The smallest absolute Gasteiger partial charge is 0.275 e. The molecule has 124 valence electrons. The minimum Gasteiger partial charge on any atom is -0.493 e. The largest absolute Gasteiger partial charge is 0.493 e. The van der Waals surface area contributed by atoms with Crippen LogP contribution in [-0.2, 0) is 9.47 Å². The molecule has 8 heteroatoms. The first-order chi connectivity index (χ1) is 11.1. The maximum Gasteiger partial charge on any atom is 0.275 e. The topological polar surface area (TPSA) is 74.6 Å². The van der Waals surface area contributed by atoms with Gasteiger partial charge in [-0.3, -0.25) is 4.79 Å². The van der Waals surface area contributed by atoms with E-state index in [0.29, 0.717) is 11.4 Å². The average molecular weight is 323 g/mol. The van der Waals surface area contributed by atoms with Crippen LogP contribution in [0.4, 0.5) is 4.39 Å². The molecule has 0 aliphatic carbocycles. The summed E-state index contributed by atoms with van der Waals surface area (Å²) < 4.78 is 29.6. The lowest BCUT2D eigenvalue weighted by Crippen LogP contribution is -2.34. The summed E-state index contributed by atoms with van der Waals surface area (Å²) in [6.45, 7) is 0.165. The summed E-state index contributed by atoms with van der Waals surface area (Å²) in [6.07, 6.45) is 0.996. The second-order valence-electron chi connectivity index (χ2n) is 4.58. The Hall–Kier alpha value is -2.45. The molecule has 1 amide bonds. The van der Waals surface area contributed by atoms with Crippen molar-refractivity contribution in [2.24, 2.45) is 0 Å². The SMILES string of the molecule is COc1cn(-c2ccc(F)cc2)nc1C(=O)NCC(OC)OC. The minimum absolute atomic E-state index is 0.114. The van der Waals surface area contributed by atoms with E-state index in [-0.39, 0.29) is 18.1 Å². The summed E-state index contributed by atoms with van der Waals surface area (Å²) in [5.74, 6) is -0.476. The number of ether oxygens (including phenoxy) is 3. The van der Waals surface area contributed by atoms with Crippen molar-refractivity contribution in [1.29, 1.82) is 0 Å². The van der Waals surface area contributed by atoms with Gasteiger partial charge in [0.25, 0.3) is 5.91 Å². The molecule has 1 aromatic carbocycles. The Balaban J connectivity index is 2.18. The first-order valence-corrected chi connectivity index (χ1v) is 6.82. The number of methoxy groups -OCH3 is 3. The number of carbonyl (C=O) groups excluding carboxylic acids is 1. The highest BCUT2D eigenvalue weighted by molar-refractivity contribution is 5.94. The standard InChI is InChI=1S/C15H18FN3O4/c1-21-12-9-19(11-6-4-10(16)5-7-11)18-14(12)15(20)17-8-13(22-2)23-3/h4-7,9,13H,8H2,1-3H3,(H,17,20). The van der Waals surface area contributed by atoms with Crippen molar-refractivity contribution >= 4 is 5.91 Å². The Morgan fingerprint density at radius 1 is 1.26 bits per heavy atom. The molecule has 0 unspecified atom stereocenters. The molecular weight excluding hydrogens is 305 g/mol. The molecule has 7 nitrogen and oxygen atoms in total. The van der Waals surface area contributed by atoms with Gasteiger partial charge in [-0.25, -0.2) is 9.07 Å². The molecular formula is C15H18FN3O4. The second kappa shape index (κ2) is 7.70. The number of aromatic nitrogens is 2. The normalized spacial score (nSPS) is 10.8. The fourth-order valence-electron chi connectivity index (χ4n) is 1.91. The molecule has 0 aliphatic heterocycles. The number of nitrogens with one attached hydrogen (secondary N) is 1. The zero-order chi connectivity index (χ0) is 16.8. The van der Waals surface area contributed by atoms with E-state index in [4.69, 9.17) is 14.2 Å². The van der Waals surface area contributed by atoms with Crippen LogP contribution in [0.1, 0.15) is 10.5 Å². The molecule has 0 saturated carbocycles. The van der Waals surface area contributed by atoms with Crippen LogP contribution in [0.3, 0.4) is 0 Å². The van der Waals surface area contributed by atoms with Crippen molar-refractivity contribution in [3.05, 3.63) is 42.0 Å². The number of amides is 1. The van der Waals surface area contributed by atoms with E-state index in [9.17, 15) is 9.18 Å². The summed E-state index contributed by atoms with van der Waals surface area (Å²) in [5.41, 5.74) is 0.721. The van der Waals surface area contributed by atoms with E-state index in [1.165, 1.54) is 38.1 Å². The van der Waals surface area contributed by atoms with Gasteiger partial charge in [0, 0.05) is 14.2 Å². The zero-order valence-electron chi connectivity index (χ0n) is 13.1. The number of carbonyl (C=O) groups is 1. The lowest BCUT2D eigenvalue weighted by Gasteiger charge is -2.13. The Labute approximate surface area is 133 Å². The third-order valence-electron chi connectivity index (χ3n) is 3.16. The van der Waals surface area contributed by atoms with Crippen LogP contribution in [0.15, 0.2) is 30.5 Å². The van der Waals surface area contributed by atoms with E-state index in [2.05, 4.69) is 10.4 Å². The second-order valence-corrected chi connectivity index (χ2v) is 4.58. The quantitative estimate of drug-likeness (QED) is 0.779. The van der Waals surface area contributed by atoms with Crippen LogP contribution in [0.5, 0.6) is 5.75 Å². The van der Waals surface area contributed by atoms with Gasteiger partial charge in [0.05, 0.1) is 25.5 Å². The number of benzene rings is 1. The highest BCUT2D eigenvalue weighted by Crippen LogP contribution is 2.19. The van der Waals surface area contributed by atoms with Crippen molar-refractivity contribution in [3.63, 3.8) is 0 Å². The van der Waals surface area contributed by atoms with Gasteiger partial charge in [0.15, 0.2) is 17.7 Å². The number of nitrogens with zero attached hydrogens (tertiary/aromatic N) is 2. The fourth-order valence-corrected chi connectivity index (χ4v) is 1.91. The van der Waals surface area contributed by atoms with Crippen molar-refractivity contribution in [2.45, 2.75) is 6.29 Å². The van der Waals surface area contributed by atoms with Crippen LogP contribution in [0.25, 0.3) is 5.69 Å². The van der Waals surface area contributed by atoms with Crippen molar-refractivity contribution in [3.8, 4) is 11.4 Å². The fraction of sp³-hybridized carbons (Fsp3) is 0.333. The number of hydrogen-bond acceptors (Lipinski definition) is 5. The van der Waals surface area contributed by atoms with E-state index in [1.807, 2.05) is 0 Å². The summed E-state index contributed by atoms with van der Waals surface area (Å²) >= 11 is 0. The highest BCUT2D eigenvalue weighted by atomic mass is 19.1. The molecule has 2 rings (SSSR count). The van der Waals surface area contributed by atoms with E-state index >= 15 is 0 Å². The van der Waals surface area contributed by atoms with Crippen molar-refractivity contribution in [2.75, 3.05) is 27.9 Å². The van der Waals surface area contributed by atoms with Gasteiger partial charge < -0.3 is 19.5 Å². The summed E-state index contributed by atoms with van der Waals surface area (Å²) in [5, 5.41) is 6.83. The Morgan fingerprint density at radius 2 is 1.91 bits per heavy atom. The first kappa shape index (κ1) is 16.9. The maximum atomic E-state index is 13.0. The molecule has 0 spiro atoms. The van der Waals surface area contributed by atoms with Gasteiger partial charge >= 0.3 is 0 Å². The minimum atomic E-state index is -0.552. The zero-order valence-corrected chi connectivity index (χ0v) is 13.1. The highest BCUT2D eigenvalue weighted by Gasteiger charge is 2.19. The molecule has 0 atom stereocenters. The Kier molecular flexibility index (Phi) is 5.67. The van der Waals surface area contributed by atoms with Crippen LogP contribution >= 0.6 is 0 Å². The number of hydrogen-bond donors (Lipinski definition) is 1. The Bertz CT molecular complexity index is 653. The predicted molar refractivity (Wildman–Crippen MR) is 80.2 cm³/mol. The van der Waals surface area contributed by atoms with Gasteiger partial charge in [-0.15, -0.1) is 0 Å². The molecule has 1 N–H and O–H groups in total. The van der Waals surface area contributed by atoms with Crippen LogP contribution in [0, 0.1) is 5.82 Å². The molecule has 1 aromatic heterocycles. The van der Waals surface area contributed by atoms with Gasteiger partial charge in [0.2, 0.25) is 0 Å². The van der Waals surface area contributed by atoms with Crippen LogP contribution in [0.2, 0.25) is 0 Å². The number of rotatable bonds is 7.